The molecule has 0 aliphatic heterocycles. The van der Waals surface area contributed by atoms with E-state index in [4.69, 9.17) is 16.3 Å². The van der Waals surface area contributed by atoms with E-state index in [9.17, 15) is 17.6 Å². The van der Waals surface area contributed by atoms with Gasteiger partial charge in [-0.3, -0.25) is 4.79 Å². The Balaban J connectivity index is 1.88. The average molecular weight is 427 g/mol. The van der Waals surface area contributed by atoms with Gasteiger partial charge in [0.05, 0.1) is 17.8 Å². The highest BCUT2D eigenvalue weighted by Gasteiger charge is 2.26. The number of anilines is 1. The van der Waals surface area contributed by atoms with Crippen LogP contribution < -0.4 is 14.8 Å². The van der Waals surface area contributed by atoms with Gasteiger partial charge in [0.1, 0.15) is 16.5 Å². The van der Waals surface area contributed by atoms with E-state index in [0.717, 1.165) is 37.8 Å². The van der Waals surface area contributed by atoms with Crippen LogP contribution in [0.5, 0.6) is 5.75 Å². The molecule has 2 aromatic carbocycles. The van der Waals surface area contributed by atoms with Crippen molar-refractivity contribution in [1.29, 1.82) is 0 Å². The van der Waals surface area contributed by atoms with Crippen molar-refractivity contribution in [1.82, 2.24) is 4.72 Å². The monoisotopic (exact) mass is 426 g/mol. The molecule has 1 saturated carbocycles. The maximum atomic E-state index is 13.2. The van der Waals surface area contributed by atoms with E-state index in [1.165, 1.54) is 31.4 Å². The van der Waals surface area contributed by atoms with E-state index < -0.39 is 21.7 Å². The van der Waals surface area contributed by atoms with Crippen molar-refractivity contribution < 1.29 is 22.3 Å². The highest BCUT2D eigenvalue weighted by atomic mass is 35.5. The lowest BCUT2D eigenvalue weighted by Crippen LogP contribution is -2.33. The Kier molecular flexibility index (Phi) is 6.22. The number of carbonyl (C=O) groups excluding carboxylic acids is 1. The minimum Gasteiger partial charge on any atom is -0.495 e. The Bertz CT molecular complexity index is 991. The maximum Gasteiger partial charge on any atom is 0.255 e. The standard InChI is InChI=1S/C19H20ClFN2O4S/c1-27-17-9-6-12(19(24)22-16-8-7-13(21)11-15(16)20)10-18(17)28(25,26)23-14-4-2-3-5-14/h6-11,14,23H,2-5H2,1H3,(H,22,24). The zero-order valence-electron chi connectivity index (χ0n) is 15.2. The summed E-state index contributed by atoms with van der Waals surface area (Å²) in [6.07, 6.45) is 3.52. The van der Waals surface area contributed by atoms with Gasteiger partial charge in [0.15, 0.2) is 0 Å². The number of hydrogen-bond donors (Lipinski definition) is 2. The summed E-state index contributed by atoms with van der Waals surface area (Å²) in [5.41, 5.74) is 0.324. The maximum absolute atomic E-state index is 13.2. The van der Waals surface area contributed by atoms with Gasteiger partial charge in [-0.1, -0.05) is 24.4 Å². The second kappa shape index (κ2) is 8.46. The molecule has 9 heteroatoms. The van der Waals surface area contributed by atoms with Crippen LogP contribution in [-0.4, -0.2) is 27.5 Å². The van der Waals surface area contributed by atoms with Crippen molar-refractivity contribution in [2.24, 2.45) is 0 Å². The zero-order chi connectivity index (χ0) is 20.3. The lowest BCUT2D eigenvalue weighted by Gasteiger charge is -2.16. The van der Waals surface area contributed by atoms with Crippen LogP contribution in [0.2, 0.25) is 5.02 Å². The van der Waals surface area contributed by atoms with Crippen LogP contribution in [0.3, 0.4) is 0 Å². The topological polar surface area (TPSA) is 84.5 Å². The van der Waals surface area contributed by atoms with Crippen molar-refractivity contribution in [3.63, 3.8) is 0 Å². The molecule has 1 aliphatic rings. The highest BCUT2D eigenvalue weighted by Crippen LogP contribution is 2.28. The van der Waals surface area contributed by atoms with Crippen molar-refractivity contribution in [3.8, 4) is 5.75 Å². The average Bonchev–Trinajstić information content (AvgIpc) is 3.15. The van der Waals surface area contributed by atoms with Crippen molar-refractivity contribution in [2.45, 2.75) is 36.6 Å². The summed E-state index contributed by atoms with van der Waals surface area (Å²) in [4.78, 5) is 12.4. The van der Waals surface area contributed by atoms with E-state index in [1.54, 1.807) is 0 Å². The molecule has 2 aromatic rings. The van der Waals surface area contributed by atoms with Gasteiger partial charge in [-0.2, -0.15) is 0 Å². The summed E-state index contributed by atoms with van der Waals surface area (Å²) in [6, 6.07) is 7.57. The third-order valence-electron chi connectivity index (χ3n) is 4.57. The molecular weight excluding hydrogens is 407 g/mol. The molecule has 150 valence electrons. The first kappa shape index (κ1) is 20.6. The summed E-state index contributed by atoms with van der Waals surface area (Å²) in [6.45, 7) is 0. The van der Waals surface area contributed by atoms with Gasteiger partial charge in [-0.15, -0.1) is 0 Å². The number of rotatable bonds is 6. The van der Waals surface area contributed by atoms with Crippen molar-refractivity contribution >= 4 is 33.2 Å². The Labute approximate surface area is 168 Å². The van der Waals surface area contributed by atoms with E-state index in [0.29, 0.717) is 0 Å². The SMILES string of the molecule is COc1ccc(C(=O)Nc2ccc(F)cc2Cl)cc1S(=O)(=O)NC1CCCC1. The number of halogens is 2. The Morgan fingerprint density at radius 3 is 2.54 bits per heavy atom. The minimum absolute atomic E-state index is 0.0395. The molecule has 0 heterocycles. The molecule has 2 N–H and O–H groups in total. The number of hydrogen-bond acceptors (Lipinski definition) is 4. The third kappa shape index (κ3) is 4.63. The lowest BCUT2D eigenvalue weighted by molar-refractivity contribution is 0.102. The fraction of sp³-hybridized carbons (Fsp3) is 0.316. The molecule has 3 rings (SSSR count). The molecule has 0 saturated heterocycles. The fourth-order valence-corrected chi connectivity index (χ4v) is 4.85. The number of sulfonamides is 1. The van der Waals surface area contributed by atoms with E-state index >= 15 is 0 Å². The third-order valence-corrected chi connectivity index (χ3v) is 6.43. The van der Waals surface area contributed by atoms with E-state index in [2.05, 4.69) is 10.0 Å². The number of carbonyl (C=O) groups is 1. The Hall–Kier alpha value is -2.16. The molecule has 28 heavy (non-hydrogen) atoms. The van der Waals surface area contributed by atoms with Crippen LogP contribution in [0.4, 0.5) is 10.1 Å². The number of amides is 1. The van der Waals surface area contributed by atoms with Crippen LogP contribution in [0.1, 0.15) is 36.0 Å². The number of nitrogens with one attached hydrogen (secondary N) is 2. The van der Waals surface area contributed by atoms with Gasteiger partial charge in [-0.25, -0.2) is 17.5 Å². The summed E-state index contributed by atoms with van der Waals surface area (Å²) in [5.74, 6) is -0.964. The summed E-state index contributed by atoms with van der Waals surface area (Å²) >= 11 is 5.93. The molecule has 1 aliphatic carbocycles. The van der Waals surface area contributed by atoms with E-state index in [-0.39, 0.29) is 33.0 Å². The van der Waals surface area contributed by atoms with Crippen LogP contribution in [0.25, 0.3) is 0 Å². The highest BCUT2D eigenvalue weighted by molar-refractivity contribution is 7.89. The number of ether oxygens (including phenoxy) is 1. The number of benzene rings is 2. The Morgan fingerprint density at radius 1 is 1.18 bits per heavy atom. The smallest absolute Gasteiger partial charge is 0.255 e. The van der Waals surface area contributed by atoms with Crippen molar-refractivity contribution in [2.75, 3.05) is 12.4 Å². The van der Waals surface area contributed by atoms with Crippen LogP contribution >= 0.6 is 11.6 Å². The lowest BCUT2D eigenvalue weighted by atomic mass is 10.2. The van der Waals surface area contributed by atoms with E-state index in [1.807, 2.05) is 0 Å². The van der Waals surface area contributed by atoms with Gasteiger partial charge < -0.3 is 10.1 Å². The zero-order valence-corrected chi connectivity index (χ0v) is 16.7. The van der Waals surface area contributed by atoms with Gasteiger partial charge in [0.2, 0.25) is 10.0 Å². The molecular formula is C19H20ClFN2O4S. The first-order chi connectivity index (χ1) is 13.3. The first-order valence-corrected chi connectivity index (χ1v) is 10.6. The fourth-order valence-electron chi connectivity index (χ4n) is 3.14. The van der Waals surface area contributed by atoms with Crippen LogP contribution in [-0.2, 0) is 10.0 Å². The molecule has 0 aromatic heterocycles. The van der Waals surface area contributed by atoms with Gasteiger partial charge in [-0.05, 0) is 49.2 Å². The second-order valence-electron chi connectivity index (χ2n) is 6.55. The summed E-state index contributed by atoms with van der Waals surface area (Å²) in [5, 5.41) is 2.59. The molecule has 1 fully saturated rings. The second-order valence-corrected chi connectivity index (χ2v) is 8.64. The largest absolute Gasteiger partial charge is 0.495 e. The predicted octanol–water partition coefficient (Wildman–Crippen LogP) is 3.96. The minimum atomic E-state index is -3.86. The molecule has 0 spiro atoms. The van der Waals surface area contributed by atoms with Crippen LogP contribution in [0, 0.1) is 5.82 Å². The number of methoxy groups -OCH3 is 1. The van der Waals surface area contributed by atoms with Gasteiger partial charge >= 0.3 is 0 Å². The van der Waals surface area contributed by atoms with Gasteiger partial charge in [0, 0.05) is 11.6 Å². The predicted molar refractivity (Wildman–Crippen MR) is 105 cm³/mol. The Morgan fingerprint density at radius 2 is 1.89 bits per heavy atom. The normalized spacial score (nSPS) is 14.8. The van der Waals surface area contributed by atoms with Crippen LogP contribution in [0.15, 0.2) is 41.3 Å². The molecule has 0 unspecified atom stereocenters. The summed E-state index contributed by atoms with van der Waals surface area (Å²) < 4.78 is 46.6. The molecule has 0 radical (unpaired) electrons. The summed E-state index contributed by atoms with van der Waals surface area (Å²) in [7, 11) is -2.50. The molecule has 0 bridgehead atoms. The first-order valence-electron chi connectivity index (χ1n) is 8.77. The molecule has 1 amide bonds. The molecule has 6 nitrogen and oxygen atoms in total. The molecule has 0 atom stereocenters. The van der Waals surface area contributed by atoms with Gasteiger partial charge in [0.25, 0.3) is 5.91 Å². The van der Waals surface area contributed by atoms with Crippen molar-refractivity contribution in [3.05, 3.63) is 52.8 Å². The quantitative estimate of drug-likeness (QED) is 0.732.